The first-order valence-corrected chi connectivity index (χ1v) is 6.50. The Morgan fingerprint density at radius 3 is 2.94 bits per heavy atom. The van der Waals surface area contributed by atoms with Gasteiger partial charge in [0.1, 0.15) is 5.75 Å². The molecule has 5 nitrogen and oxygen atoms in total. The summed E-state index contributed by atoms with van der Waals surface area (Å²) in [5.74, 6) is 1.43. The fraction of sp³-hybridized carbons (Fsp3) is 0.455. The number of rotatable bonds is 7. The van der Waals surface area contributed by atoms with Gasteiger partial charge in [-0.2, -0.15) is 11.8 Å². The van der Waals surface area contributed by atoms with E-state index >= 15 is 0 Å². The second-order valence-electron chi connectivity index (χ2n) is 3.38. The van der Waals surface area contributed by atoms with Crippen molar-refractivity contribution < 1.29 is 15.0 Å². The molecule has 0 aliphatic heterocycles. The van der Waals surface area contributed by atoms with Crippen LogP contribution in [0.4, 0.5) is 0 Å². The van der Waals surface area contributed by atoms with Crippen LogP contribution in [-0.2, 0) is 0 Å². The first kappa shape index (κ1) is 13.8. The average Bonchev–Trinajstić information content (AvgIpc) is 2.33. The molecular formula is C11H16N2O3S. The first-order valence-electron chi connectivity index (χ1n) is 5.35. The van der Waals surface area contributed by atoms with E-state index in [1.165, 1.54) is 18.5 Å². The molecule has 1 amide bonds. The molecule has 0 aromatic carbocycles. The molecule has 0 fully saturated rings. The molecule has 1 aromatic rings. The molecule has 0 bridgehead atoms. The van der Waals surface area contributed by atoms with Crippen LogP contribution < -0.4 is 5.32 Å². The zero-order chi connectivity index (χ0) is 12.5. The van der Waals surface area contributed by atoms with Gasteiger partial charge < -0.3 is 15.5 Å². The largest absolute Gasteiger partial charge is 0.506 e. The molecule has 0 radical (unpaired) electrons. The number of amides is 1. The van der Waals surface area contributed by atoms with Crippen LogP contribution in [0.1, 0.15) is 16.8 Å². The minimum atomic E-state index is -0.240. The summed E-state index contributed by atoms with van der Waals surface area (Å²) in [6.07, 6.45) is 3.46. The van der Waals surface area contributed by atoms with Crippen molar-refractivity contribution in [2.45, 2.75) is 6.42 Å². The van der Waals surface area contributed by atoms with Crippen molar-refractivity contribution in [2.75, 3.05) is 24.7 Å². The van der Waals surface area contributed by atoms with Crippen LogP contribution >= 0.6 is 11.8 Å². The minimum Gasteiger partial charge on any atom is -0.506 e. The molecule has 3 N–H and O–H groups in total. The van der Waals surface area contributed by atoms with E-state index in [1.54, 1.807) is 11.8 Å². The van der Waals surface area contributed by atoms with Crippen molar-refractivity contribution in [1.82, 2.24) is 10.3 Å². The summed E-state index contributed by atoms with van der Waals surface area (Å²) < 4.78 is 0. The van der Waals surface area contributed by atoms with Gasteiger partial charge in [-0.3, -0.25) is 9.78 Å². The zero-order valence-electron chi connectivity index (χ0n) is 9.43. The number of aromatic nitrogens is 1. The summed E-state index contributed by atoms with van der Waals surface area (Å²) in [6.45, 7) is 0.763. The van der Waals surface area contributed by atoms with E-state index in [0.717, 1.165) is 17.9 Å². The molecule has 17 heavy (non-hydrogen) atoms. The Kier molecular flexibility index (Phi) is 6.42. The maximum atomic E-state index is 11.6. The average molecular weight is 256 g/mol. The van der Waals surface area contributed by atoms with Gasteiger partial charge in [-0.15, -0.1) is 0 Å². The predicted octanol–water partition coefficient (Wildman–Crippen LogP) is 0.633. The third kappa shape index (κ3) is 5.55. The lowest BCUT2D eigenvalue weighted by molar-refractivity contribution is 0.0955. The van der Waals surface area contributed by atoms with Gasteiger partial charge in [-0.05, 0) is 18.2 Å². The van der Waals surface area contributed by atoms with E-state index in [2.05, 4.69) is 10.3 Å². The summed E-state index contributed by atoms with van der Waals surface area (Å²) in [6, 6.07) is 1.38. The second-order valence-corrected chi connectivity index (χ2v) is 4.60. The molecule has 0 saturated carbocycles. The van der Waals surface area contributed by atoms with Crippen molar-refractivity contribution in [3.05, 3.63) is 24.0 Å². The highest BCUT2D eigenvalue weighted by Gasteiger charge is 2.05. The Labute approximate surface area is 104 Å². The van der Waals surface area contributed by atoms with Crippen LogP contribution in [0.3, 0.4) is 0 Å². The predicted molar refractivity (Wildman–Crippen MR) is 67.3 cm³/mol. The number of hydrogen-bond acceptors (Lipinski definition) is 5. The third-order valence-corrected chi connectivity index (χ3v) is 3.03. The van der Waals surface area contributed by atoms with Crippen molar-refractivity contribution in [2.24, 2.45) is 0 Å². The van der Waals surface area contributed by atoms with E-state index in [4.69, 9.17) is 10.2 Å². The number of hydrogen-bond donors (Lipinski definition) is 3. The highest BCUT2D eigenvalue weighted by Crippen LogP contribution is 2.08. The molecule has 94 valence electrons. The van der Waals surface area contributed by atoms with E-state index in [1.807, 2.05) is 0 Å². The molecule has 1 aromatic heterocycles. The van der Waals surface area contributed by atoms with Crippen LogP contribution in [0.15, 0.2) is 18.5 Å². The van der Waals surface area contributed by atoms with Gasteiger partial charge in [0, 0.05) is 25.1 Å². The van der Waals surface area contributed by atoms with Crippen molar-refractivity contribution in [1.29, 1.82) is 0 Å². The van der Waals surface area contributed by atoms with Crippen LogP contribution in [0.2, 0.25) is 0 Å². The van der Waals surface area contributed by atoms with Gasteiger partial charge in [0.15, 0.2) is 0 Å². The van der Waals surface area contributed by atoms with Gasteiger partial charge in [-0.25, -0.2) is 0 Å². The molecule has 0 aliphatic carbocycles. The molecule has 0 aliphatic rings. The monoisotopic (exact) mass is 256 g/mol. The molecule has 1 rings (SSSR count). The molecule has 0 saturated heterocycles. The van der Waals surface area contributed by atoms with Crippen LogP contribution in [0.5, 0.6) is 5.75 Å². The Bertz CT molecular complexity index is 360. The Hall–Kier alpha value is -1.27. The van der Waals surface area contributed by atoms with Gasteiger partial charge >= 0.3 is 0 Å². The number of aliphatic hydroxyl groups is 1. The maximum Gasteiger partial charge on any atom is 0.253 e. The summed E-state index contributed by atoms with van der Waals surface area (Å²) in [5, 5.41) is 20.5. The van der Waals surface area contributed by atoms with E-state index < -0.39 is 0 Å². The van der Waals surface area contributed by atoms with E-state index in [0.29, 0.717) is 12.1 Å². The SMILES string of the molecule is O=C(NCCSCCCO)c1cncc(O)c1. The number of nitrogens with one attached hydrogen (secondary N) is 1. The quantitative estimate of drug-likeness (QED) is 0.623. The number of aromatic hydroxyl groups is 1. The Morgan fingerprint density at radius 2 is 2.24 bits per heavy atom. The minimum absolute atomic E-state index is 0.0185. The highest BCUT2D eigenvalue weighted by molar-refractivity contribution is 7.99. The van der Waals surface area contributed by atoms with Crippen molar-refractivity contribution in [3.8, 4) is 5.75 Å². The highest BCUT2D eigenvalue weighted by atomic mass is 32.2. The lowest BCUT2D eigenvalue weighted by Gasteiger charge is -2.04. The molecule has 0 spiro atoms. The number of carbonyl (C=O) groups is 1. The summed E-state index contributed by atoms with van der Waals surface area (Å²) in [7, 11) is 0. The Morgan fingerprint density at radius 1 is 1.41 bits per heavy atom. The lowest BCUT2D eigenvalue weighted by atomic mass is 10.2. The van der Waals surface area contributed by atoms with Crippen LogP contribution in [-0.4, -0.2) is 45.8 Å². The second kappa shape index (κ2) is 7.92. The van der Waals surface area contributed by atoms with Crippen molar-refractivity contribution in [3.63, 3.8) is 0 Å². The number of thioether (sulfide) groups is 1. The van der Waals surface area contributed by atoms with Crippen LogP contribution in [0, 0.1) is 0 Å². The molecule has 1 heterocycles. The smallest absolute Gasteiger partial charge is 0.253 e. The fourth-order valence-corrected chi connectivity index (χ4v) is 1.94. The number of nitrogens with zero attached hydrogens (tertiary/aromatic N) is 1. The van der Waals surface area contributed by atoms with Gasteiger partial charge in [0.05, 0.1) is 11.8 Å². The standard InChI is InChI=1S/C11H16N2O3S/c14-3-1-4-17-5-2-13-11(16)9-6-10(15)8-12-7-9/h6-8,14-15H,1-5H2,(H,13,16). The normalized spacial score (nSPS) is 10.2. The van der Waals surface area contributed by atoms with E-state index in [-0.39, 0.29) is 18.3 Å². The summed E-state index contributed by atoms with van der Waals surface area (Å²) >= 11 is 1.68. The Balaban J connectivity index is 2.21. The topological polar surface area (TPSA) is 82.5 Å². The van der Waals surface area contributed by atoms with Gasteiger partial charge in [0.25, 0.3) is 5.91 Å². The molecular weight excluding hydrogens is 240 g/mol. The number of carbonyl (C=O) groups excluding carboxylic acids is 1. The zero-order valence-corrected chi connectivity index (χ0v) is 10.2. The summed E-state index contributed by atoms with van der Waals surface area (Å²) in [5.41, 5.74) is 0.352. The van der Waals surface area contributed by atoms with Gasteiger partial charge in [0.2, 0.25) is 0 Å². The molecule has 6 heteroatoms. The fourth-order valence-electron chi connectivity index (χ4n) is 1.16. The number of aliphatic hydroxyl groups excluding tert-OH is 1. The molecule has 0 unspecified atom stereocenters. The van der Waals surface area contributed by atoms with Crippen LogP contribution in [0.25, 0.3) is 0 Å². The summed E-state index contributed by atoms with van der Waals surface area (Å²) in [4.78, 5) is 15.3. The van der Waals surface area contributed by atoms with Gasteiger partial charge in [-0.1, -0.05) is 0 Å². The third-order valence-electron chi connectivity index (χ3n) is 1.96. The number of pyridine rings is 1. The maximum absolute atomic E-state index is 11.6. The van der Waals surface area contributed by atoms with E-state index in [9.17, 15) is 4.79 Å². The first-order chi connectivity index (χ1) is 8.24. The van der Waals surface area contributed by atoms with Crippen molar-refractivity contribution >= 4 is 17.7 Å². The lowest BCUT2D eigenvalue weighted by Crippen LogP contribution is -2.25. The molecule has 0 atom stereocenters.